The van der Waals surface area contributed by atoms with E-state index < -0.39 is 22.0 Å². The smallest absolute Gasteiger partial charge is 0.241 e. The quantitative estimate of drug-likeness (QED) is 0.446. The molecule has 9 heteroatoms. The number of carbonyl (C=O) groups is 2. The highest BCUT2D eigenvalue weighted by Crippen LogP contribution is 2.25. The van der Waals surface area contributed by atoms with E-state index in [1.165, 1.54) is 38.1 Å². The molecule has 2 amide bonds. The maximum absolute atomic E-state index is 12.6. The van der Waals surface area contributed by atoms with Crippen LogP contribution in [0.25, 0.3) is 0 Å². The molecule has 0 aliphatic carbocycles. The lowest BCUT2D eigenvalue weighted by molar-refractivity contribution is -0.122. The van der Waals surface area contributed by atoms with E-state index in [0.29, 0.717) is 17.2 Å². The first-order valence-electron chi connectivity index (χ1n) is 10.2. The summed E-state index contributed by atoms with van der Waals surface area (Å²) in [5, 5.41) is 5.30. The van der Waals surface area contributed by atoms with E-state index in [2.05, 4.69) is 15.4 Å². The maximum atomic E-state index is 12.6. The lowest BCUT2D eigenvalue weighted by atomic mass is 10.2. The van der Waals surface area contributed by atoms with Crippen LogP contribution in [0.5, 0.6) is 11.5 Å². The number of para-hydroxylation sites is 2. The molecule has 0 saturated heterocycles. The van der Waals surface area contributed by atoms with Gasteiger partial charge in [-0.25, -0.2) is 8.42 Å². The molecule has 3 rings (SSSR count). The molecule has 0 bridgehead atoms. The number of ether oxygens (including phenoxy) is 1. The van der Waals surface area contributed by atoms with Gasteiger partial charge in [0.15, 0.2) is 0 Å². The minimum Gasteiger partial charge on any atom is -0.457 e. The zero-order valence-corrected chi connectivity index (χ0v) is 19.1. The predicted octanol–water partition coefficient (Wildman–Crippen LogP) is 3.42. The summed E-state index contributed by atoms with van der Waals surface area (Å²) in [4.78, 5) is 23.6. The monoisotopic (exact) mass is 467 g/mol. The third-order valence-electron chi connectivity index (χ3n) is 4.61. The summed E-state index contributed by atoms with van der Waals surface area (Å²) in [5.41, 5.74) is 1.22. The van der Waals surface area contributed by atoms with Gasteiger partial charge in [0.25, 0.3) is 0 Å². The summed E-state index contributed by atoms with van der Waals surface area (Å²) in [6.45, 7) is 2.99. The van der Waals surface area contributed by atoms with Gasteiger partial charge in [0.05, 0.1) is 10.9 Å². The number of rotatable bonds is 9. The molecule has 33 heavy (non-hydrogen) atoms. The normalized spacial score (nSPS) is 11.9. The SMILES string of the molecule is CC(=O)Nc1ccc(S(=O)(=O)N[C@@H](C)C(=O)NCc2ccccc2Oc2ccccc2)cc1. The van der Waals surface area contributed by atoms with Crippen LogP contribution in [-0.2, 0) is 26.2 Å². The van der Waals surface area contributed by atoms with Crippen LogP contribution in [0.2, 0.25) is 0 Å². The number of sulfonamides is 1. The van der Waals surface area contributed by atoms with Gasteiger partial charge in [-0.3, -0.25) is 9.59 Å². The molecule has 0 aromatic heterocycles. The topological polar surface area (TPSA) is 114 Å². The van der Waals surface area contributed by atoms with E-state index in [4.69, 9.17) is 4.74 Å². The number of nitrogens with one attached hydrogen (secondary N) is 3. The van der Waals surface area contributed by atoms with Crippen LogP contribution in [0.4, 0.5) is 5.69 Å². The van der Waals surface area contributed by atoms with E-state index >= 15 is 0 Å². The molecule has 172 valence electrons. The highest BCUT2D eigenvalue weighted by atomic mass is 32.2. The van der Waals surface area contributed by atoms with Gasteiger partial charge in [-0.2, -0.15) is 4.72 Å². The van der Waals surface area contributed by atoms with Crippen molar-refractivity contribution in [3.8, 4) is 11.5 Å². The number of carbonyl (C=O) groups excluding carboxylic acids is 2. The van der Waals surface area contributed by atoms with E-state index in [0.717, 1.165) is 5.56 Å². The Hall–Kier alpha value is -3.69. The molecule has 0 fully saturated rings. The summed E-state index contributed by atoms with van der Waals surface area (Å²) >= 11 is 0. The zero-order valence-electron chi connectivity index (χ0n) is 18.2. The van der Waals surface area contributed by atoms with Crippen molar-refractivity contribution in [2.24, 2.45) is 0 Å². The molecule has 3 N–H and O–H groups in total. The van der Waals surface area contributed by atoms with Gasteiger partial charge in [0, 0.05) is 24.7 Å². The van der Waals surface area contributed by atoms with Crippen molar-refractivity contribution >= 4 is 27.5 Å². The number of benzene rings is 3. The first kappa shape index (κ1) is 24.0. The Morgan fingerprint density at radius 1 is 0.909 bits per heavy atom. The Morgan fingerprint density at radius 2 is 1.55 bits per heavy atom. The standard InChI is InChI=1S/C24H25N3O5S/c1-17(27-33(30,31)22-14-12-20(13-15-22)26-18(2)28)24(29)25-16-19-8-6-7-11-23(19)32-21-9-4-3-5-10-21/h3-15,17,27H,16H2,1-2H3,(H,25,29)(H,26,28)/t17-/m0/s1. The number of anilines is 1. The number of hydrogen-bond donors (Lipinski definition) is 3. The van der Waals surface area contributed by atoms with Crippen LogP contribution in [0.3, 0.4) is 0 Å². The van der Waals surface area contributed by atoms with Crippen molar-refractivity contribution in [2.75, 3.05) is 5.32 Å². The molecule has 1 atom stereocenters. The average Bonchev–Trinajstić information content (AvgIpc) is 2.78. The van der Waals surface area contributed by atoms with Crippen LogP contribution in [-0.4, -0.2) is 26.3 Å². The molecule has 0 saturated carbocycles. The zero-order chi connectivity index (χ0) is 23.8. The second-order valence-electron chi connectivity index (χ2n) is 7.29. The summed E-state index contributed by atoms with van der Waals surface area (Å²) < 4.78 is 33.5. The third-order valence-corrected chi connectivity index (χ3v) is 6.16. The molecular formula is C24H25N3O5S. The second kappa shape index (κ2) is 10.8. The fourth-order valence-electron chi connectivity index (χ4n) is 2.98. The van der Waals surface area contributed by atoms with Crippen molar-refractivity contribution in [3.05, 3.63) is 84.4 Å². The predicted molar refractivity (Wildman–Crippen MR) is 125 cm³/mol. The van der Waals surface area contributed by atoms with E-state index in [9.17, 15) is 18.0 Å². The highest BCUT2D eigenvalue weighted by molar-refractivity contribution is 7.89. The molecule has 0 heterocycles. The van der Waals surface area contributed by atoms with Crippen LogP contribution in [0.15, 0.2) is 83.8 Å². The molecule has 0 aliphatic heterocycles. The lowest BCUT2D eigenvalue weighted by Gasteiger charge is -2.16. The van der Waals surface area contributed by atoms with Gasteiger partial charge in [0.1, 0.15) is 11.5 Å². The van der Waals surface area contributed by atoms with Crippen molar-refractivity contribution in [3.63, 3.8) is 0 Å². The second-order valence-corrected chi connectivity index (χ2v) is 9.00. The molecule has 0 spiro atoms. The summed E-state index contributed by atoms with van der Waals surface area (Å²) in [6.07, 6.45) is 0. The Morgan fingerprint density at radius 3 is 2.21 bits per heavy atom. The van der Waals surface area contributed by atoms with Gasteiger partial charge in [-0.1, -0.05) is 36.4 Å². The maximum Gasteiger partial charge on any atom is 0.241 e. The van der Waals surface area contributed by atoms with Gasteiger partial charge >= 0.3 is 0 Å². The van der Waals surface area contributed by atoms with Gasteiger partial charge in [0.2, 0.25) is 21.8 Å². The van der Waals surface area contributed by atoms with Crippen LogP contribution in [0, 0.1) is 0 Å². The Bertz CT molecular complexity index is 1210. The molecule has 8 nitrogen and oxygen atoms in total. The largest absolute Gasteiger partial charge is 0.457 e. The fourth-order valence-corrected chi connectivity index (χ4v) is 4.18. The van der Waals surface area contributed by atoms with E-state index in [-0.39, 0.29) is 17.3 Å². The minimum absolute atomic E-state index is 0.0159. The van der Waals surface area contributed by atoms with Gasteiger partial charge in [-0.05, 0) is 49.4 Å². The van der Waals surface area contributed by atoms with Crippen molar-refractivity contribution in [1.82, 2.24) is 10.0 Å². The molecule has 0 aliphatic rings. The van der Waals surface area contributed by atoms with Gasteiger partial charge < -0.3 is 15.4 Å². The van der Waals surface area contributed by atoms with Crippen LogP contribution < -0.4 is 20.1 Å². The van der Waals surface area contributed by atoms with Crippen molar-refractivity contribution in [2.45, 2.75) is 31.3 Å². The highest BCUT2D eigenvalue weighted by Gasteiger charge is 2.22. The van der Waals surface area contributed by atoms with Crippen molar-refractivity contribution < 1.29 is 22.7 Å². The minimum atomic E-state index is -3.93. The molecule has 0 unspecified atom stereocenters. The molecule has 3 aromatic carbocycles. The molecule has 3 aromatic rings. The first-order chi connectivity index (χ1) is 15.7. The molecular weight excluding hydrogens is 442 g/mol. The average molecular weight is 468 g/mol. The fraction of sp³-hybridized carbons (Fsp3) is 0.167. The van der Waals surface area contributed by atoms with E-state index in [1.54, 1.807) is 6.07 Å². The van der Waals surface area contributed by atoms with Crippen molar-refractivity contribution in [1.29, 1.82) is 0 Å². The van der Waals surface area contributed by atoms with Crippen LogP contribution in [0.1, 0.15) is 19.4 Å². The Balaban J connectivity index is 1.60. The summed E-state index contributed by atoms with van der Waals surface area (Å²) in [6, 6.07) is 21.2. The summed E-state index contributed by atoms with van der Waals surface area (Å²) in [5.74, 6) is 0.520. The Kier molecular flexibility index (Phi) is 7.81. The number of amides is 2. The lowest BCUT2D eigenvalue weighted by Crippen LogP contribution is -2.44. The number of hydrogen-bond acceptors (Lipinski definition) is 5. The van der Waals surface area contributed by atoms with E-state index in [1.807, 2.05) is 48.5 Å². The van der Waals surface area contributed by atoms with Crippen LogP contribution >= 0.6 is 0 Å². The first-order valence-corrected chi connectivity index (χ1v) is 11.7. The summed E-state index contributed by atoms with van der Waals surface area (Å²) in [7, 11) is -3.93. The Labute approximate surface area is 193 Å². The third kappa shape index (κ3) is 6.90. The van der Waals surface area contributed by atoms with Gasteiger partial charge in [-0.15, -0.1) is 0 Å². The molecule has 0 radical (unpaired) electrons.